The van der Waals surface area contributed by atoms with E-state index in [-0.39, 0.29) is 5.91 Å². The predicted molar refractivity (Wildman–Crippen MR) is 90.9 cm³/mol. The van der Waals surface area contributed by atoms with Gasteiger partial charge in [-0.3, -0.25) is 9.78 Å². The minimum absolute atomic E-state index is 0.157. The number of rotatable bonds is 2. The van der Waals surface area contributed by atoms with Crippen molar-refractivity contribution in [3.05, 3.63) is 52.2 Å². The van der Waals surface area contributed by atoms with Crippen LogP contribution in [0.25, 0.3) is 11.3 Å². The van der Waals surface area contributed by atoms with Crippen LogP contribution in [0.3, 0.4) is 0 Å². The molecule has 0 bridgehead atoms. The van der Waals surface area contributed by atoms with Gasteiger partial charge in [-0.2, -0.15) is 5.26 Å². The maximum Gasteiger partial charge on any atom is 0.255 e. The molecule has 6 heteroatoms. The molecule has 1 saturated heterocycles. The molecule has 5 nitrogen and oxygen atoms in total. The molecule has 0 spiro atoms. The maximum absolute atomic E-state index is 12.8. The van der Waals surface area contributed by atoms with Crippen molar-refractivity contribution >= 4 is 17.5 Å². The van der Waals surface area contributed by atoms with Crippen molar-refractivity contribution in [2.45, 2.75) is 6.92 Å². The summed E-state index contributed by atoms with van der Waals surface area (Å²) in [6.07, 6.45) is 0. The van der Waals surface area contributed by atoms with Gasteiger partial charge >= 0.3 is 0 Å². The van der Waals surface area contributed by atoms with Gasteiger partial charge in [-0.1, -0.05) is 23.7 Å². The van der Waals surface area contributed by atoms with Crippen molar-refractivity contribution in [1.82, 2.24) is 9.88 Å². The van der Waals surface area contributed by atoms with Crippen molar-refractivity contribution < 1.29 is 9.53 Å². The average Bonchev–Trinajstić information content (AvgIpc) is 2.61. The molecule has 1 aliphatic rings. The van der Waals surface area contributed by atoms with Crippen LogP contribution in [0.5, 0.6) is 0 Å². The van der Waals surface area contributed by atoms with Gasteiger partial charge in [0.25, 0.3) is 5.91 Å². The van der Waals surface area contributed by atoms with Gasteiger partial charge in [-0.05, 0) is 25.1 Å². The SMILES string of the molecule is Cc1nc(-c2ccc(Cl)cc2)cc(C(=O)N2CCOCC2)c1C#N. The van der Waals surface area contributed by atoms with Crippen LogP contribution in [-0.4, -0.2) is 42.1 Å². The third kappa shape index (κ3) is 3.25. The van der Waals surface area contributed by atoms with Crippen LogP contribution < -0.4 is 0 Å². The number of hydrogen-bond donors (Lipinski definition) is 0. The second-order valence-electron chi connectivity index (χ2n) is 5.54. The van der Waals surface area contributed by atoms with E-state index in [2.05, 4.69) is 11.1 Å². The molecule has 0 atom stereocenters. The average molecular weight is 342 g/mol. The minimum Gasteiger partial charge on any atom is -0.378 e. The summed E-state index contributed by atoms with van der Waals surface area (Å²) < 4.78 is 5.29. The number of benzene rings is 1. The molecule has 0 unspecified atom stereocenters. The molecule has 1 aromatic heterocycles. The van der Waals surface area contributed by atoms with E-state index in [1.807, 2.05) is 12.1 Å². The molecule has 2 heterocycles. The Morgan fingerprint density at radius 3 is 2.58 bits per heavy atom. The number of morpholine rings is 1. The fraction of sp³-hybridized carbons (Fsp3) is 0.278. The zero-order chi connectivity index (χ0) is 17.1. The molecule has 0 aliphatic carbocycles. The Hall–Kier alpha value is -2.42. The molecule has 1 fully saturated rings. The lowest BCUT2D eigenvalue weighted by molar-refractivity contribution is 0.0302. The zero-order valence-corrected chi connectivity index (χ0v) is 14.0. The van der Waals surface area contributed by atoms with E-state index in [1.165, 1.54) is 0 Å². The summed E-state index contributed by atoms with van der Waals surface area (Å²) in [6, 6.07) is 11.0. The van der Waals surface area contributed by atoms with Gasteiger partial charge in [-0.25, -0.2) is 0 Å². The number of ether oxygens (including phenoxy) is 1. The van der Waals surface area contributed by atoms with Crippen molar-refractivity contribution in [1.29, 1.82) is 5.26 Å². The number of aromatic nitrogens is 1. The Balaban J connectivity index is 2.05. The van der Waals surface area contributed by atoms with Gasteiger partial charge < -0.3 is 9.64 Å². The van der Waals surface area contributed by atoms with Crippen LogP contribution in [0.15, 0.2) is 30.3 Å². The highest BCUT2D eigenvalue weighted by Crippen LogP contribution is 2.25. The first-order valence-electron chi connectivity index (χ1n) is 7.65. The Morgan fingerprint density at radius 2 is 1.96 bits per heavy atom. The molecular formula is C18H16ClN3O2. The summed E-state index contributed by atoms with van der Waals surface area (Å²) in [5, 5.41) is 10.1. The highest BCUT2D eigenvalue weighted by molar-refractivity contribution is 6.30. The normalized spacial score (nSPS) is 14.3. The Bertz CT molecular complexity index is 806. The molecule has 2 aromatic rings. The quantitative estimate of drug-likeness (QED) is 0.842. The van der Waals surface area contributed by atoms with Gasteiger partial charge in [0, 0.05) is 23.7 Å². The Labute approximate surface area is 145 Å². The number of pyridine rings is 1. The molecule has 1 aromatic carbocycles. The number of hydrogen-bond acceptors (Lipinski definition) is 4. The number of halogens is 1. The fourth-order valence-electron chi connectivity index (χ4n) is 2.69. The highest BCUT2D eigenvalue weighted by atomic mass is 35.5. The smallest absolute Gasteiger partial charge is 0.255 e. The van der Waals surface area contributed by atoms with Crippen LogP contribution in [0, 0.1) is 18.3 Å². The second-order valence-corrected chi connectivity index (χ2v) is 5.98. The van der Waals surface area contributed by atoms with Crippen molar-refractivity contribution in [3.8, 4) is 17.3 Å². The number of nitrogens with zero attached hydrogens (tertiary/aromatic N) is 3. The van der Waals surface area contributed by atoms with E-state index in [0.717, 1.165) is 5.56 Å². The Morgan fingerprint density at radius 1 is 1.29 bits per heavy atom. The van der Waals surface area contributed by atoms with Crippen molar-refractivity contribution in [3.63, 3.8) is 0 Å². The standard InChI is InChI=1S/C18H16ClN3O2/c1-12-16(11-20)15(18(23)22-6-8-24-9-7-22)10-17(21-12)13-2-4-14(19)5-3-13/h2-5,10H,6-9H2,1H3. The van der Waals surface area contributed by atoms with Gasteiger partial charge in [0.15, 0.2) is 0 Å². The number of carbonyl (C=O) groups excluding carboxylic acids is 1. The van der Waals surface area contributed by atoms with Gasteiger partial charge in [-0.15, -0.1) is 0 Å². The molecular weight excluding hydrogens is 326 g/mol. The van der Waals surface area contributed by atoms with Gasteiger partial charge in [0.05, 0.1) is 35.7 Å². The topological polar surface area (TPSA) is 66.2 Å². The first kappa shape index (κ1) is 16.4. The van der Waals surface area contributed by atoms with Crippen LogP contribution >= 0.6 is 11.6 Å². The van der Waals surface area contributed by atoms with E-state index < -0.39 is 0 Å². The summed E-state index contributed by atoms with van der Waals surface area (Å²) >= 11 is 5.93. The number of carbonyl (C=O) groups is 1. The minimum atomic E-state index is -0.157. The molecule has 1 aliphatic heterocycles. The van der Waals surface area contributed by atoms with Crippen molar-refractivity contribution in [2.24, 2.45) is 0 Å². The zero-order valence-electron chi connectivity index (χ0n) is 13.3. The van der Waals surface area contributed by atoms with Crippen LogP contribution in [0.1, 0.15) is 21.6 Å². The lowest BCUT2D eigenvalue weighted by Gasteiger charge is -2.27. The molecule has 1 amide bonds. The summed E-state index contributed by atoms with van der Waals surface area (Å²) in [5.74, 6) is -0.157. The molecule has 24 heavy (non-hydrogen) atoms. The summed E-state index contributed by atoms with van der Waals surface area (Å²) in [4.78, 5) is 19.0. The lowest BCUT2D eigenvalue weighted by atomic mass is 10.0. The van der Waals surface area contributed by atoms with Gasteiger partial charge in [0.2, 0.25) is 0 Å². The predicted octanol–water partition coefficient (Wildman–Crippen LogP) is 3.05. The summed E-state index contributed by atoms with van der Waals surface area (Å²) in [5.41, 5.74) is 2.76. The molecule has 3 rings (SSSR count). The van der Waals surface area contributed by atoms with Gasteiger partial charge in [0.1, 0.15) is 6.07 Å². The van der Waals surface area contributed by atoms with E-state index in [0.29, 0.717) is 53.8 Å². The van der Waals surface area contributed by atoms with E-state index in [9.17, 15) is 10.1 Å². The fourth-order valence-corrected chi connectivity index (χ4v) is 2.81. The van der Waals surface area contributed by atoms with E-state index in [4.69, 9.17) is 16.3 Å². The first-order valence-corrected chi connectivity index (χ1v) is 8.02. The summed E-state index contributed by atoms with van der Waals surface area (Å²) in [7, 11) is 0. The van der Waals surface area contributed by atoms with Crippen LogP contribution in [0.4, 0.5) is 0 Å². The molecule has 0 N–H and O–H groups in total. The van der Waals surface area contributed by atoms with Crippen LogP contribution in [0.2, 0.25) is 5.02 Å². The first-order chi connectivity index (χ1) is 11.6. The Kier molecular flexibility index (Phi) is 4.79. The molecule has 0 saturated carbocycles. The largest absolute Gasteiger partial charge is 0.378 e. The number of nitriles is 1. The highest BCUT2D eigenvalue weighted by Gasteiger charge is 2.23. The maximum atomic E-state index is 12.8. The third-order valence-electron chi connectivity index (χ3n) is 3.98. The monoisotopic (exact) mass is 341 g/mol. The van der Waals surface area contributed by atoms with E-state index >= 15 is 0 Å². The number of amides is 1. The van der Waals surface area contributed by atoms with E-state index in [1.54, 1.807) is 30.0 Å². The lowest BCUT2D eigenvalue weighted by Crippen LogP contribution is -2.41. The van der Waals surface area contributed by atoms with Crippen LogP contribution in [-0.2, 0) is 4.74 Å². The molecule has 0 radical (unpaired) electrons. The van der Waals surface area contributed by atoms with Crippen molar-refractivity contribution in [2.75, 3.05) is 26.3 Å². The third-order valence-corrected chi connectivity index (χ3v) is 4.23. The number of aryl methyl sites for hydroxylation is 1. The summed E-state index contributed by atoms with van der Waals surface area (Å²) in [6.45, 7) is 3.83. The molecule has 122 valence electrons. The second kappa shape index (κ2) is 7.00.